The molecule has 2 heterocycles. The molecular weight excluding hydrogens is 335 g/mol. The largest absolute Gasteiger partial charge is 0.435 e. The second-order valence-corrected chi connectivity index (χ2v) is 6.05. The predicted octanol–water partition coefficient (Wildman–Crippen LogP) is 2.95. The summed E-state index contributed by atoms with van der Waals surface area (Å²) >= 11 is 0. The zero-order valence-corrected chi connectivity index (χ0v) is 14.9. The molecule has 0 aromatic carbocycles. The van der Waals surface area contributed by atoms with E-state index in [0.29, 0.717) is 6.54 Å². The summed E-state index contributed by atoms with van der Waals surface area (Å²) in [4.78, 5) is 14.1. The fourth-order valence-corrected chi connectivity index (χ4v) is 2.73. The molecule has 2 rings (SSSR count). The van der Waals surface area contributed by atoms with Crippen LogP contribution in [0.2, 0.25) is 0 Å². The van der Waals surface area contributed by atoms with E-state index in [0.717, 1.165) is 28.6 Å². The first kappa shape index (κ1) is 19.0. The molecule has 0 aliphatic carbocycles. The first-order valence-corrected chi connectivity index (χ1v) is 7.95. The van der Waals surface area contributed by atoms with Gasteiger partial charge < -0.3 is 4.90 Å². The maximum atomic E-state index is 12.8. The summed E-state index contributed by atoms with van der Waals surface area (Å²) in [6, 6.07) is 0.113. The summed E-state index contributed by atoms with van der Waals surface area (Å²) in [5, 5.41) is 7.78. The van der Waals surface area contributed by atoms with Crippen molar-refractivity contribution in [1.82, 2.24) is 24.5 Å². The van der Waals surface area contributed by atoms with Crippen LogP contribution in [0.5, 0.6) is 0 Å². The van der Waals surface area contributed by atoms with E-state index in [9.17, 15) is 18.0 Å². The highest BCUT2D eigenvalue weighted by Crippen LogP contribution is 2.29. The molecule has 0 saturated heterocycles. The van der Waals surface area contributed by atoms with Crippen LogP contribution in [0, 0.1) is 13.8 Å². The van der Waals surface area contributed by atoms with Crippen molar-refractivity contribution in [2.75, 3.05) is 7.05 Å². The summed E-state index contributed by atoms with van der Waals surface area (Å²) in [6.07, 6.45) is -2.83. The molecule has 0 spiro atoms. The van der Waals surface area contributed by atoms with Gasteiger partial charge in [-0.1, -0.05) is 0 Å². The number of alkyl halides is 3. The van der Waals surface area contributed by atoms with Crippen LogP contribution in [0.4, 0.5) is 13.2 Å². The minimum absolute atomic E-state index is 0.288. The van der Waals surface area contributed by atoms with E-state index in [1.807, 2.05) is 18.5 Å². The predicted molar refractivity (Wildman–Crippen MR) is 85.8 cm³/mol. The summed E-state index contributed by atoms with van der Waals surface area (Å²) in [5.41, 5.74) is 1.16. The Bertz CT molecular complexity index is 762. The molecule has 25 heavy (non-hydrogen) atoms. The minimum atomic E-state index is -4.53. The van der Waals surface area contributed by atoms with Gasteiger partial charge in [0.25, 0.3) is 0 Å². The molecule has 2 aromatic rings. The Hall–Kier alpha value is -2.32. The Morgan fingerprint density at radius 1 is 1.36 bits per heavy atom. The lowest BCUT2D eigenvalue weighted by Crippen LogP contribution is -2.33. The highest BCUT2D eigenvalue weighted by Gasteiger charge is 2.35. The molecule has 9 heteroatoms. The maximum absolute atomic E-state index is 12.8. The number of aryl methyl sites for hydroxylation is 2. The molecule has 0 saturated carbocycles. The van der Waals surface area contributed by atoms with Gasteiger partial charge >= 0.3 is 6.18 Å². The van der Waals surface area contributed by atoms with E-state index in [1.165, 1.54) is 11.8 Å². The molecule has 138 valence electrons. The Balaban J connectivity index is 2.16. The van der Waals surface area contributed by atoms with Gasteiger partial charge in [-0.15, -0.1) is 0 Å². The highest BCUT2D eigenvalue weighted by atomic mass is 19.4. The van der Waals surface area contributed by atoms with Crippen molar-refractivity contribution in [1.29, 1.82) is 0 Å². The van der Waals surface area contributed by atoms with Gasteiger partial charge in [0, 0.05) is 37.1 Å². The first-order valence-electron chi connectivity index (χ1n) is 7.95. The van der Waals surface area contributed by atoms with Crippen molar-refractivity contribution >= 4 is 5.91 Å². The van der Waals surface area contributed by atoms with Crippen LogP contribution in [-0.2, 0) is 24.1 Å². The van der Waals surface area contributed by atoms with Gasteiger partial charge in [-0.25, -0.2) is 0 Å². The topological polar surface area (TPSA) is 56.0 Å². The third kappa shape index (κ3) is 3.85. The lowest BCUT2D eigenvalue weighted by Gasteiger charge is -2.22. The number of likely N-dealkylation sites (N-methyl/N-ethyl adjacent to an activating group) is 1. The number of hydrogen-bond acceptors (Lipinski definition) is 3. The van der Waals surface area contributed by atoms with Gasteiger partial charge in [-0.05, 0) is 33.8 Å². The van der Waals surface area contributed by atoms with E-state index in [2.05, 4.69) is 10.2 Å². The molecular formula is C16H22F3N5O. The van der Waals surface area contributed by atoms with E-state index in [-0.39, 0.29) is 11.6 Å². The van der Waals surface area contributed by atoms with E-state index >= 15 is 0 Å². The molecule has 0 N–H and O–H groups in total. The normalized spacial score (nSPS) is 13.1. The van der Waals surface area contributed by atoms with Crippen LogP contribution in [-0.4, -0.2) is 37.4 Å². The quantitative estimate of drug-likeness (QED) is 0.827. The van der Waals surface area contributed by atoms with Crippen molar-refractivity contribution in [2.45, 2.75) is 53.0 Å². The van der Waals surface area contributed by atoms with Crippen LogP contribution in [0.3, 0.4) is 0 Å². The van der Waals surface area contributed by atoms with E-state index < -0.39 is 17.9 Å². The summed E-state index contributed by atoms with van der Waals surface area (Å²) in [5.74, 6) is -0.316. The second kappa shape index (κ2) is 6.89. The van der Waals surface area contributed by atoms with Crippen LogP contribution in [0.25, 0.3) is 0 Å². The van der Waals surface area contributed by atoms with Gasteiger partial charge in [0.2, 0.25) is 5.91 Å². The molecule has 0 aliphatic rings. The van der Waals surface area contributed by atoms with Crippen molar-refractivity contribution in [3.63, 3.8) is 0 Å². The molecule has 1 atom stereocenters. The van der Waals surface area contributed by atoms with Gasteiger partial charge in [0.1, 0.15) is 6.04 Å². The maximum Gasteiger partial charge on any atom is 0.435 e. The number of carbonyl (C=O) groups excluding carboxylic acids is 1. The lowest BCUT2D eigenvalue weighted by atomic mass is 10.2. The van der Waals surface area contributed by atoms with Crippen molar-refractivity contribution in [3.05, 3.63) is 34.9 Å². The Morgan fingerprint density at radius 3 is 2.48 bits per heavy atom. The third-order valence-electron chi connectivity index (χ3n) is 4.23. The number of nitrogens with zero attached hydrogens (tertiary/aromatic N) is 5. The molecule has 2 aromatic heterocycles. The van der Waals surface area contributed by atoms with Crippen molar-refractivity contribution < 1.29 is 18.0 Å². The number of hydrogen-bond donors (Lipinski definition) is 0. The molecule has 0 radical (unpaired) electrons. The number of rotatable bonds is 5. The SMILES string of the molecule is CCn1ncc(CN(C)C(=O)[C@H](C)n2nc(C(F)(F)F)cc2C)c1C. The van der Waals surface area contributed by atoms with Crippen LogP contribution in [0.1, 0.15) is 42.5 Å². The summed E-state index contributed by atoms with van der Waals surface area (Å²) < 4.78 is 41.3. The fraction of sp³-hybridized carbons (Fsp3) is 0.562. The molecule has 0 fully saturated rings. The van der Waals surface area contributed by atoms with Crippen molar-refractivity contribution in [3.8, 4) is 0 Å². The van der Waals surface area contributed by atoms with Gasteiger partial charge in [0.05, 0.1) is 6.20 Å². The monoisotopic (exact) mass is 357 g/mol. The number of aromatic nitrogens is 4. The number of halogens is 3. The zero-order valence-electron chi connectivity index (χ0n) is 14.9. The molecule has 6 nitrogen and oxygen atoms in total. The van der Waals surface area contributed by atoms with Gasteiger partial charge in [0.15, 0.2) is 5.69 Å². The summed E-state index contributed by atoms with van der Waals surface area (Å²) in [6.45, 7) is 8.00. The highest BCUT2D eigenvalue weighted by molar-refractivity contribution is 5.79. The minimum Gasteiger partial charge on any atom is -0.339 e. The molecule has 1 amide bonds. The smallest absolute Gasteiger partial charge is 0.339 e. The fourth-order valence-electron chi connectivity index (χ4n) is 2.73. The average Bonchev–Trinajstić information content (AvgIpc) is 3.09. The first-order chi connectivity index (χ1) is 11.6. The van der Waals surface area contributed by atoms with E-state index in [4.69, 9.17) is 0 Å². The molecule has 0 bridgehead atoms. The van der Waals surface area contributed by atoms with Gasteiger partial charge in [-0.2, -0.15) is 23.4 Å². The van der Waals surface area contributed by atoms with Crippen LogP contribution >= 0.6 is 0 Å². The second-order valence-electron chi connectivity index (χ2n) is 6.05. The zero-order chi connectivity index (χ0) is 18.9. The lowest BCUT2D eigenvalue weighted by molar-refractivity contribution is -0.142. The third-order valence-corrected chi connectivity index (χ3v) is 4.23. The van der Waals surface area contributed by atoms with Crippen LogP contribution < -0.4 is 0 Å². The standard InChI is InChI=1S/C16H22F3N5O/c1-6-23-11(3)13(8-20-23)9-22(5)15(25)12(4)24-10(2)7-14(21-24)16(17,18)19/h7-8,12H,6,9H2,1-5H3/t12-/m0/s1. The molecule has 0 unspecified atom stereocenters. The summed E-state index contributed by atoms with van der Waals surface area (Å²) in [7, 11) is 1.62. The van der Waals surface area contributed by atoms with Crippen LogP contribution in [0.15, 0.2) is 12.3 Å². The Kier molecular flexibility index (Phi) is 5.24. The van der Waals surface area contributed by atoms with Crippen molar-refractivity contribution in [2.24, 2.45) is 0 Å². The number of carbonyl (C=O) groups is 1. The van der Waals surface area contributed by atoms with E-state index in [1.54, 1.807) is 20.2 Å². The average molecular weight is 357 g/mol. The van der Waals surface area contributed by atoms with Gasteiger partial charge in [-0.3, -0.25) is 14.2 Å². The Labute approximate surface area is 144 Å². The molecule has 0 aliphatic heterocycles. The number of amides is 1. The Morgan fingerprint density at radius 2 is 2.00 bits per heavy atom.